The number of methoxy groups -OCH3 is 2. The van der Waals surface area contributed by atoms with Gasteiger partial charge in [-0.2, -0.15) is 9.97 Å². The largest absolute Gasteiger partial charge is 0.497 e. The van der Waals surface area contributed by atoms with E-state index in [1.165, 1.54) is 7.11 Å². The predicted molar refractivity (Wildman–Crippen MR) is 72.2 cm³/mol. The maximum absolute atomic E-state index is 5.73. The van der Waals surface area contributed by atoms with Crippen LogP contribution in [0.1, 0.15) is 0 Å². The lowest BCUT2D eigenvalue weighted by atomic mass is 10.3. The minimum Gasteiger partial charge on any atom is -0.497 e. The van der Waals surface area contributed by atoms with Gasteiger partial charge in [-0.1, -0.05) is 0 Å². The zero-order chi connectivity index (χ0) is 13.8. The van der Waals surface area contributed by atoms with Crippen LogP contribution in [0.15, 0.2) is 22.7 Å². The van der Waals surface area contributed by atoms with Gasteiger partial charge >= 0.3 is 12.0 Å². The van der Waals surface area contributed by atoms with Crippen molar-refractivity contribution in [3.05, 3.63) is 28.0 Å². The van der Waals surface area contributed by atoms with E-state index in [1.54, 1.807) is 25.3 Å². The van der Waals surface area contributed by atoms with Crippen LogP contribution in [-0.4, -0.2) is 29.2 Å². The molecule has 100 valence electrons. The Morgan fingerprint density at radius 3 is 2.42 bits per heavy atom. The Bertz CT molecular complexity index is 597. The lowest BCUT2D eigenvalue weighted by Gasteiger charge is -2.08. The fourth-order valence-electron chi connectivity index (χ4n) is 1.24. The van der Waals surface area contributed by atoms with Crippen molar-refractivity contribution in [2.75, 3.05) is 14.2 Å². The van der Waals surface area contributed by atoms with Crippen LogP contribution < -0.4 is 14.2 Å². The van der Waals surface area contributed by atoms with E-state index in [4.69, 9.17) is 25.8 Å². The second-order valence-corrected chi connectivity index (χ2v) is 4.46. The first kappa shape index (κ1) is 13.8. The highest BCUT2D eigenvalue weighted by Gasteiger charge is 2.10. The third-order valence-electron chi connectivity index (χ3n) is 2.09. The second-order valence-electron chi connectivity index (χ2n) is 3.27. The van der Waals surface area contributed by atoms with E-state index in [9.17, 15) is 0 Å². The monoisotopic (exact) mass is 345 g/mol. The van der Waals surface area contributed by atoms with Crippen molar-refractivity contribution >= 4 is 27.5 Å². The molecule has 6 nitrogen and oxygen atoms in total. The van der Waals surface area contributed by atoms with Crippen molar-refractivity contribution < 1.29 is 14.2 Å². The van der Waals surface area contributed by atoms with Gasteiger partial charge in [0.25, 0.3) is 0 Å². The molecule has 0 saturated carbocycles. The van der Waals surface area contributed by atoms with E-state index < -0.39 is 0 Å². The molecule has 0 amide bonds. The molecule has 0 bridgehead atoms. The zero-order valence-electron chi connectivity index (χ0n) is 10.1. The van der Waals surface area contributed by atoms with Crippen LogP contribution in [0, 0.1) is 0 Å². The van der Waals surface area contributed by atoms with Crippen molar-refractivity contribution in [2.24, 2.45) is 0 Å². The Hall–Kier alpha value is -1.60. The molecule has 1 aromatic carbocycles. The SMILES string of the molecule is COc1ccc(Oc2nc(Cl)nc(OC)n2)c(Br)c1. The number of ether oxygens (including phenoxy) is 3. The summed E-state index contributed by atoms with van der Waals surface area (Å²) in [4.78, 5) is 11.5. The molecule has 19 heavy (non-hydrogen) atoms. The average molecular weight is 347 g/mol. The topological polar surface area (TPSA) is 66.4 Å². The summed E-state index contributed by atoms with van der Waals surface area (Å²) in [5.41, 5.74) is 0. The van der Waals surface area contributed by atoms with Gasteiger partial charge in [-0.15, -0.1) is 4.98 Å². The summed E-state index contributed by atoms with van der Waals surface area (Å²) in [6.07, 6.45) is 0. The highest BCUT2D eigenvalue weighted by atomic mass is 79.9. The molecular formula is C11H9BrClN3O3. The number of hydrogen-bond acceptors (Lipinski definition) is 6. The first-order chi connectivity index (χ1) is 9.12. The number of hydrogen-bond donors (Lipinski definition) is 0. The molecule has 1 heterocycles. The number of rotatable bonds is 4. The Kier molecular flexibility index (Phi) is 4.39. The number of nitrogens with zero attached hydrogens (tertiary/aromatic N) is 3. The summed E-state index contributed by atoms with van der Waals surface area (Å²) in [5, 5.41) is -0.00789. The summed E-state index contributed by atoms with van der Waals surface area (Å²) in [5.74, 6) is 1.22. The van der Waals surface area contributed by atoms with Crippen LogP contribution in [0.4, 0.5) is 0 Å². The first-order valence-electron chi connectivity index (χ1n) is 5.09. The van der Waals surface area contributed by atoms with E-state index in [0.29, 0.717) is 16.0 Å². The molecule has 2 aromatic rings. The number of halogens is 2. The van der Waals surface area contributed by atoms with Crippen LogP contribution in [0.3, 0.4) is 0 Å². The molecule has 0 aliphatic carbocycles. The molecule has 1 aromatic heterocycles. The third-order valence-corrected chi connectivity index (χ3v) is 2.88. The Morgan fingerprint density at radius 1 is 1.05 bits per heavy atom. The van der Waals surface area contributed by atoms with Gasteiger partial charge in [-0.05, 0) is 45.7 Å². The third kappa shape index (κ3) is 3.45. The van der Waals surface area contributed by atoms with Crippen molar-refractivity contribution in [2.45, 2.75) is 0 Å². The fourth-order valence-corrected chi connectivity index (χ4v) is 1.82. The molecule has 0 fully saturated rings. The van der Waals surface area contributed by atoms with Gasteiger partial charge in [0, 0.05) is 0 Å². The van der Waals surface area contributed by atoms with E-state index in [1.807, 2.05) is 0 Å². The van der Waals surface area contributed by atoms with Gasteiger partial charge in [0.05, 0.1) is 18.7 Å². The van der Waals surface area contributed by atoms with Gasteiger partial charge in [0.15, 0.2) is 0 Å². The fraction of sp³-hybridized carbons (Fsp3) is 0.182. The maximum atomic E-state index is 5.73. The van der Waals surface area contributed by atoms with Gasteiger partial charge in [-0.3, -0.25) is 0 Å². The van der Waals surface area contributed by atoms with Crippen molar-refractivity contribution in [1.29, 1.82) is 0 Å². The van der Waals surface area contributed by atoms with Crippen molar-refractivity contribution in [3.63, 3.8) is 0 Å². The summed E-state index contributed by atoms with van der Waals surface area (Å²) >= 11 is 9.09. The van der Waals surface area contributed by atoms with Crippen molar-refractivity contribution in [1.82, 2.24) is 15.0 Å². The first-order valence-corrected chi connectivity index (χ1v) is 6.26. The smallest absolute Gasteiger partial charge is 0.329 e. The number of aromatic nitrogens is 3. The molecular weight excluding hydrogens is 337 g/mol. The molecule has 0 atom stereocenters. The highest BCUT2D eigenvalue weighted by molar-refractivity contribution is 9.10. The summed E-state index contributed by atoms with van der Waals surface area (Å²) in [7, 11) is 3.01. The van der Waals surface area contributed by atoms with Crippen LogP contribution in [0.25, 0.3) is 0 Å². The van der Waals surface area contributed by atoms with E-state index in [2.05, 4.69) is 30.9 Å². The molecule has 0 radical (unpaired) electrons. The van der Waals surface area contributed by atoms with Gasteiger partial charge in [-0.25, -0.2) is 0 Å². The van der Waals surface area contributed by atoms with Crippen molar-refractivity contribution in [3.8, 4) is 23.5 Å². The molecule has 0 N–H and O–H groups in total. The standard InChI is InChI=1S/C11H9BrClN3O3/c1-17-6-3-4-8(7(12)5-6)19-11-15-9(13)14-10(16-11)18-2/h3-5H,1-2H3. The second kappa shape index (κ2) is 6.03. The average Bonchev–Trinajstić information content (AvgIpc) is 2.40. The Morgan fingerprint density at radius 2 is 1.79 bits per heavy atom. The quantitative estimate of drug-likeness (QED) is 0.847. The highest BCUT2D eigenvalue weighted by Crippen LogP contribution is 2.32. The molecule has 2 rings (SSSR count). The van der Waals surface area contributed by atoms with E-state index in [-0.39, 0.29) is 17.3 Å². The van der Waals surface area contributed by atoms with E-state index in [0.717, 1.165) is 0 Å². The molecule has 0 spiro atoms. The van der Waals surface area contributed by atoms with Crippen LogP contribution in [0.2, 0.25) is 5.28 Å². The normalized spacial score (nSPS) is 10.1. The predicted octanol–water partition coefficient (Wildman–Crippen LogP) is 3.10. The molecule has 0 saturated heterocycles. The van der Waals surface area contributed by atoms with Gasteiger partial charge in [0.2, 0.25) is 5.28 Å². The summed E-state index contributed by atoms with van der Waals surface area (Å²) in [6, 6.07) is 5.35. The minimum atomic E-state index is -0.00789. The van der Waals surface area contributed by atoms with Crippen LogP contribution >= 0.6 is 27.5 Å². The lowest BCUT2D eigenvalue weighted by Crippen LogP contribution is -1.99. The van der Waals surface area contributed by atoms with Crippen LogP contribution in [0.5, 0.6) is 23.5 Å². The molecule has 0 aliphatic heterocycles. The molecule has 8 heteroatoms. The van der Waals surface area contributed by atoms with E-state index >= 15 is 0 Å². The van der Waals surface area contributed by atoms with Crippen LogP contribution in [-0.2, 0) is 0 Å². The minimum absolute atomic E-state index is 0.00789. The van der Waals surface area contributed by atoms with Gasteiger partial charge in [0.1, 0.15) is 11.5 Å². The van der Waals surface area contributed by atoms with Gasteiger partial charge < -0.3 is 14.2 Å². The Balaban J connectivity index is 2.28. The number of benzene rings is 1. The molecule has 0 aliphatic rings. The zero-order valence-corrected chi connectivity index (χ0v) is 12.4. The summed E-state index contributed by atoms with van der Waals surface area (Å²) < 4.78 is 16.2. The summed E-state index contributed by atoms with van der Waals surface area (Å²) in [6.45, 7) is 0. The maximum Gasteiger partial charge on any atom is 0.329 e. The Labute approximate surface area is 122 Å². The molecule has 0 unspecified atom stereocenters. The lowest BCUT2D eigenvalue weighted by molar-refractivity contribution is 0.358.